The van der Waals surface area contributed by atoms with Crippen molar-refractivity contribution in [1.82, 2.24) is 14.9 Å². The van der Waals surface area contributed by atoms with Gasteiger partial charge < -0.3 is 15.5 Å². The van der Waals surface area contributed by atoms with Crippen LogP contribution < -0.4 is 10.6 Å². The van der Waals surface area contributed by atoms with Gasteiger partial charge in [-0.15, -0.1) is 0 Å². The van der Waals surface area contributed by atoms with Crippen LogP contribution in [0.25, 0.3) is 11.4 Å². The molecule has 0 spiro atoms. The van der Waals surface area contributed by atoms with Crippen LogP contribution in [-0.2, 0) is 0 Å². The van der Waals surface area contributed by atoms with E-state index >= 15 is 0 Å². The van der Waals surface area contributed by atoms with Crippen molar-refractivity contribution in [1.29, 1.82) is 0 Å². The van der Waals surface area contributed by atoms with Crippen LogP contribution in [0, 0.1) is 5.82 Å². The number of amides is 1. The Morgan fingerprint density at radius 3 is 2.43 bits per heavy atom. The molecule has 0 aliphatic carbocycles. The van der Waals surface area contributed by atoms with E-state index in [1.807, 2.05) is 44.4 Å². The van der Waals surface area contributed by atoms with Crippen LogP contribution in [0.3, 0.4) is 0 Å². The predicted octanol–water partition coefficient (Wildman–Crippen LogP) is 3.51. The van der Waals surface area contributed by atoms with Gasteiger partial charge in [-0.2, -0.15) is 0 Å². The molecule has 0 saturated carbocycles. The van der Waals surface area contributed by atoms with Gasteiger partial charge in [0.1, 0.15) is 17.3 Å². The van der Waals surface area contributed by atoms with Crippen LogP contribution in [0.1, 0.15) is 10.5 Å². The van der Waals surface area contributed by atoms with Gasteiger partial charge >= 0.3 is 0 Å². The summed E-state index contributed by atoms with van der Waals surface area (Å²) >= 11 is 0. The number of carbonyl (C=O) groups excluding carboxylic acids is 1. The summed E-state index contributed by atoms with van der Waals surface area (Å²) in [5, 5.41) is 5.96. The maximum Gasteiger partial charge on any atom is 0.274 e. The van der Waals surface area contributed by atoms with Gasteiger partial charge in [0.05, 0.1) is 0 Å². The van der Waals surface area contributed by atoms with Gasteiger partial charge in [0, 0.05) is 30.4 Å². The molecule has 0 aliphatic heterocycles. The van der Waals surface area contributed by atoms with E-state index < -0.39 is 0 Å². The first-order valence-electron chi connectivity index (χ1n) is 8.91. The highest BCUT2D eigenvalue weighted by Crippen LogP contribution is 2.19. The summed E-state index contributed by atoms with van der Waals surface area (Å²) in [5.74, 6) is 0.278. The Labute approximate surface area is 163 Å². The maximum absolute atomic E-state index is 13.1. The molecule has 0 atom stereocenters. The van der Waals surface area contributed by atoms with Crippen molar-refractivity contribution < 1.29 is 9.18 Å². The zero-order chi connectivity index (χ0) is 19.9. The van der Waals surface area contributed by atoms with E-state index in [2.05, 4.69) is 25.5 Å². The molecule has 0 fully saturated rings. The van der Waals surface area contributed by atoms with Crippen molar-refractivity contribution in [3.8, 4) is 11.4 Å². The van der Waals surface area contributed by atoms with E-state index in [9.17, 15) is 9.18 Å². The zero-order valence-corrected chi connectivity index (χ0v) is 15.8. The first-order valence-corrected chi connectivity index (χ1v) is 8.91. The molecule has 0 bridgehead atoms. The smallest absolute Gasteiger partial charge is 0.274 e. The lowest BCUT2D eigenvalue weighted by Gasteiger charge is -2.13. The molecule has 0 saturated heterocycles. The molecule has 1 aromatic heterocycles. The monoisotopic (exact) mass is 379 g/mol. The van der Waals surface area contributed by atoms with Gasteiger partial charge in [-0.3, -0.25) is 4.79 Å². The minimum atomic E-state index is -0.387. The highest BCUT2D eigenvalue weighted by Gasteiger charge is 2.13. The van der Waals surface area contributed by atoms with E-state index in [0.29, 0.717) is 23.9 Å². The van der Waals surface area contributed by atoms with E-state index in [0.717, 1.165) is 12.1 Å². The Hall–Kier alpha value is -3.32. The van der Waals surface area contributed by atoms with Crippen LogP contribution >= 0.6 is 0 Å². The lowest BCUT2D eigenvalue weighted by Crippen LogP contribution is -2.22. The summed E-state index contributed by atoms with van der Waals surface area (Å²) in [6, 6.07) is 16.7. The number of rotatable bonds is 7. The fraction of sp³-hybridized carbons (Fsp3) is 0.190. The number of benzene rings is 2. The van der Waals surface area contributed by atoms with Crippen molar-refractivity contribution >= 4 is 17.4 Å². The Kier molecular flexibility index (Phi) is 6.29. The number of hydrogen-bond donors (Lipinski definition) is 2. The number of nitrogens with zero attached hydrogens (tertiary/aromatic N) is 3. The van der Waals surface area contributed by atoms with Gasteiger partial charge in [-0.1, -0.05) is 30.3 Å². The fourth-order valence-corrected chi connectivity index (χ4v) is 2.51. The standard InChI is InChI=1S/C21H22FN5O/c1-27(2)13-12-23-19-14-18(21(28)24-17-10-8-16(22)9-11-17)25-20(26-19)15-6-4-3-5-7-15/h3-11,14H,12-13H2,1-2H3,(H,24,28)(H,23,25,26). The number of carbonyl (C=O) groups is 1. The third-order valence-corrected chi connectivity index (χ3v) is 3.96. The number of anilines is 2. The Morgan fingerprint density at radius 1 is 1.04 bits per heavy atom. The van der Waals surface area contributed by atoms with Gasteiger partial charge in [0.2, 0.25) is 0 Å². The highest BCUT2D eigenvalue weighted by molar-refractivity contribution is 6.03. The fourth-order valence-electron chi connectivity index (χ4n) is 2.51. The summed E-state index contributed by atoms with van der Waals surface area (Å²) in [7, 11) is 3.97. The quantitative estimate of drug-likeness (QED) is 0.657. The summed E-state index contributed by atoms with van der Waals surface area (Å²) in [4.78, 5) is 23.7. The summed E-state index contributed by atoms with van der Waals surface area (Å²) in [5.41, 5.74) is 1.54. The van der Waals surface area contributed by atoms with Crippen molar-refractivity contribution in [2.45, 2.75) is 0 Å². The van der Waals surface area contributed by atoms with Crippen molar-refractivity contribution in [3.63, 3.8) is 0 Å². The molecule has 6 nitrogen and oxygen atoms in total. The molecule has 1 amide bonds. The number of halogens is 1. The summed E-state index contributed by atoms with van der Waals surface area (Å²) in [6.07, 6.45) is 0. The average Bonchev–Trinajstić information content (AvgIpc) is 2.70. The lowest BCUT2D eigenvalue weighted by atomic mass is 10.2. The second kappa shape index (κ2) is 9.05. The van der Waals surface area contributed by atoms with Crippen molar-refractivity contribution in [3.05, 3.63) is 72.2 Å². The molecular weight excluding hydrogens is 357 g/mol. The molecule has 3 aromatic rings. The molecule has 0 unspecified atom stereocenters. The zero-order valence-electron chi connectivity index (χ0n) is 15.8. The number of nitrogens with one attached hydrogen (secondary N) is 2. The predicted molar refractivity (Wildman–Crippen MR) is 109 cm³/mol. The Bertz CT molecular complexity index is 929. The highest BCUT2D eigenvalue weighted by atomic mass is 19.1. The maximum atomic E-state index is 13.1. The molecular formula is C21H22FN5O. The van der Waals surface area contributed by atoms with Gasteiger partial charge in [-0.05, 0) is 38.4 Å². The third-order valence-electron chi connectivity index (χ3n) is 3.96. The van der Waals surface area contributed by atoms with Crippen LogP contribution in [0.4, 0.5) is 15.9 Å². The van der Waals surface area contributed by atoms with Crippen LogP contribution in [0.5, 0.6) is 0 Å². The van der Waals surface area contributed by atoms with Gasteiger partial charge in [0.25, 0.3) is 5.91 Å². The van der Waals surface area contributed by atoms with Crippen LogP contribution in [0.2, 0.25) is 0 Å². The second-order valence-electron chi connectivity index (χ2n) is 6.52. The third kappa shape index (κ3) is 5.34. The molecule has 3 rings (SSSR count). The van der Waals surface area contributed by atoms with E-state index in [1.54, 1.807) is 6.07 Å². The Balaban J connectivity index is 1.87. The second-order valence-corrected chi connectivity index (χ2v) is 6.52. The summed E-state index contributed by atoms with van der Waals surface area (Å²) < 4.78 is 13.1. The number of likely N-dealkylation sites (N-methyl/N-ethyl adjacent to an activating group) is 1. The topological polar surface area (TPSA) is 70.2 Å². The number of hydrogen-bond acceptors (Lipinski definition) is 5. The molecule has 1 heterocycles. The first-order chi connectivity index (χ1) is 13.5. The average molecular weight is 379 g/mol. The van der Waals surface area contributed by atoms with Crippen LogP contribution in [0.15, 0.2) is 60.7 Å². The van der Waals surface area contributed by atoms with E-state index in [1.165, 1.54) is 24.3 Å². The normalized spacial score (nSPS) is 10.7. The molecule has 144 valence electrons. The minimum absolute atomic E-state index is 0.227. The van der Waals surface area contributed by atoms with E-state index in [4.69, 9.17) is 0 Å². The van der Waals surface area contributed by atoms with Gasteiger partial charge in [0.15, 0.2) is 5.82 Å². The SMILES string of the molecule is CN(C)CCNc1cc(C(=O)Nc2ccc(F)cc2)nc(-c2ccccc2)n1. The van der Waals surface area contributed by atoms with E-state index in [-0.39, 0.29) is 17.4 Å². The largest absolute Gasteiger partial charge is 0.369 e. The molecule has 2 N–H and O–H groups in total. The van der Waals surface area contributed by atoms with Crippen molar-refractivity contribution in [2.24, 2.45) is 0 Å². The van der Waals surface area contributed by atoms with Crippen LogP contribution in [-0.4, -0.2) is 48.0 Å². The van der Waals surface area contributed by atoms with Gasteiger partial charge in [-0.25, -0.2) is 14.4 Å². The minimum Gasteiger partial charge on any atom is -0.369 e. The molecule has 7 heteroatoms. The Morgan fingerprint density at radius 2 is 1.75 bits per heavy atom. The lowest BCUT2D eigenvalue weighted by molar-refractivity contribution is 0.102. The molecule has 0 aliphatic rings. The molecule has 2 aromatic carbocycles. The summed E-state index contributed by atoms with van der Waals surface area (Å²) in [6.45, 7) is 1.50. The first kappa shape index (κ1) is 19.4. The van der Waals surface area contributed by atoms with Crippen molar-refractivity contribution in [2.75, 3.05) is 37.8 Å². The molecule has 28 heavy (non-hydrogen) atoms. The molecule has 0 radical (unpaired) electrons. The number of aromatic nitrogens is 2.